The molecule has 3 aromatic rings. The van der Waals surface area contributed by atoms with Crippen LogP contribution < -0.4 is 15.2 Å². The minimum Gasteiger partial charge on any atom is -0.493 e. The topological polar surface area (TPSA) is 101 Å². The Kier molecular flexibility index (Phi) is 2.52. The van der Waals surface area contributed by atoms with Crippen LogP contribution in [0.25, 0.3) is 10.9 Å². The minimum absolute atomic E-state index is 0.0323. The van der Waals surface area contributed by atoms with Crippen LogP contribution in [0.4, 0.5) is 5.82 Å². The van der Waals surface area contributed by atoms with Gasteiger partial charge in [0.25, 0.3) is 0 Å². The zero-order valence-corrected chi connectivity index (χ0v) is 13.4. The number of aryl methyl sites for hydroxylation is 1. The molecule has 0 bridgehead atoms. The summed E-state index contributed by atoms with van der Waals surface area (Å²) in [5.74, 6) is -0.0644. The largest absolute Gasteiger partial charge is 0.493 e. The van der Waals surface area contributed by atoms with Gasteiger partial charge >= 0.3 is 0 Å². The maximum atomic E-state index is 7.40. The van der Waals surface area contributed by atoms with Crippen LogP contribution in [0.2, 0.25) is 0 Å². The average Bonchev–Trinajstić information content (AvgIpc) is 3.07. The Balaban J connectivity index is 2.10. The Morgan fingerprint density at radius 2 is 2.26 bits per heavy atom. The summed E-state index contributed by atoms with van der Waals surface area (Å²) < 4.78 is 56.4. The van der Waals surface area contributed by atoms with Crippen molar-refractivity contribution in [3.05, 3.63) is 29.0 Å². The molecular formula is C14H15BrN6O2. The normalized spacial score (nSPS) is 17.3. The van der Waals surface area contributed by atoms with Crippen LogP contribution in [-0.4, -0.2) is 31.8 Å². The highest BCUT2D eigenvalue weighted by molar-refractivity contribution is 9.10. The summed E-state index contributed by atoms with van der Waals surface area (Å²) in [6.45, 7) is -0.935. The summed E-state index contributed by atoms with van der Waals surface area (Å²) in [7, 11) is -2.76. The van der Waals surface area contributed by atoms with Gasteiger partial charge in [0.05, 0.1) is 22.1 Å². The highest BCUT2D eigenvalue weighted by atomic mass is 79.9. The highest BCUT2D eigenvalue weighted by Crippen LogP contribution is 2.42. The van der Waals surface area contributed by atoms with Crippen LogP contribution in [-0.2, 0) is 6.98 Å². The van der Waals surface area contributed by atoms with Crippen LogP contribution in [0.15, 0.2) is 23.2 Å². The maximum absolute atomic E-state index is 7.40. The van der Waals surface area contributed by atoms with E-state index in [1.165, 1.54) is 12.4 Å². The minimum atomic E-state index is -2.76. The lowest BCUT2D eigenvalue weighted by atomic mass is 10.2. The first-order chi connectivity index (χ1) is 13.4. The first-order valence-corrected chi connectivity index (χ1v) is 7.16. The van der Waals surface area contributed by atoms with Crippen molar-refractivity contribution >= 4 is 32.7 Å². The number of nitrogen functional groups attached to an aromatic ring is 1. The van der Waals surface area contributed by atoms with E-state index in [9.17, 15) is 0 Å². The zero-order chi connectivity index (χ0) is 21.6. The number of rotatable bonds is 4. The molecule has 8 nitrogen and oxygen atoms in total. The van der Waals surface area contributed by atoms with Gasteiger partial charge in [0.15, 0.2) is 23.4 Å². The molecule has 2 heterocycles. The fraction of sp³-hybridized carbons (Fsp3) is 0.286. The first-order valence-electron chi connectivity index (χ1n) is 9.37. The van der Waals surface area contributed by atoms with E-state index in [1.807, 2.05) is 0 Å². The lowest BCUT2D eigenvalue weighted by molar-refractivity contribution is 0.209. The SMILES string of the molecule is [2H]C([2H])([2H])Oc1cc(Br)c2ncnc(N)c2c1OC(C)c1ncn(C([2H])([2H])[2H])n1. The monoisotopic (exact) mass is 384 g/mol. The maximum Gasteiger partial charge on any atom is 0.191 e. The van der Waals surface area contributed by atoms with Gasteiger partial charge in [0, 0.05) is 21.6 Å². The summed E-state index contributed by atoms with van der Waals surface area (Å²) in [5.41, 5.74) is 6.35. The first kappa shape index (κ1) is 9.66. The zero-order valence-electron chi connectivity index (χ0n) is 17.8. The third kappa shape index (κ3) is 2.79. The molecule has 0 aliphatic heterocycles. The molecule has 23 heavy (non-hydrogen) atoms. The van der Waals surface area contributed by atoms with Crippen molar-refractivity contribution in [2.75, 3.05) is 12.8 Å². The predicted octanol–water partition coefficient (Wildman–Crippen LogP) is 2.25. The molecule has 0 fully saturated rings. The molecule has 0 aliphatic carbocycles. The fourth-order valence-corrected chi connectivity index (χ4v) is 2.57. The number of anilines is 1. The van der Waals surface area contributed by atoms with Gasteiger partial charge in [-0.05, 0) is 22.9 Å². The van der Waals surface area contributed by atoms with Crippen molar-refractivity contribution in [1.82, 2.24) is 24.7 Å². The average molecular weight is 385 g/mol. The Hall–Kier alpha value is -2.42. The third-order valence-electron chi connectivity index (χ3n) is 3.09. The van der Waals surface area contributed by atoms with E-state index in [1.54, 1.807) is 6.92 Å². The van der Waals surface area contributed by atoms with E-state index in [2.05, 4.69) is 36.0 Å². The Morgan fingerprint density at radius 3 is 3.00 bits per heavy atom. The molecule has 0 saturated carbocycles. The summed E-state index contributed by atoms with van der Waals surface area (Å²) in [4.78, 5) is 12.0. The molecule has 0 spiro atoms. The second kappa shape index (κ2) is 5.99. The quantitative estimate of drug-likeness (QED) is 0.735. The number of aromatic nitrogens is 5. The number of benzene rings is 1. The molecule has 1 atom stereocenters. The predicted molar refractivity (Wildman–Crippen MR) is 88.2 cm³/mol. The van der Waals surface area contributed by atoms with Crippen molar-refractivity contribution < 1.29 is 17.7 Å². The fourth-order valence-electron chi connectivity index (χ4n) is 2.06. The highest BCUT2D eigenvalue weighted by Gasteiger charge is 2.21. The number of nitrogens with two attached hydrogens (primary N) is 1. The van der Waals surface area contributed by atoms with Gasteiger partial charge in [-0.3, -0.25) is 4.68 Å². The molecule has 9 heteroatoms. The Bertz CT molecular complexity index is 1050. The Labute approximate surface area is 149 Å². The molecule has 0 saturated heterocycles. The number of halogens is 1. The van der Waals surface area contributed by atoms with Crippen molar-refractivity contribution in [1.29, 1.82) is 0 Å². The lowest BCUT2D eigenvalue weighted by Crippen LogP contribution is -2.08. The number of hydrogen-bond donors (Lipinski definition) is 1. The summed E-state index contributed by atoms with van der Waals surface area (Å²) in [5, 5.41) is 4.12. The molecule has 2 aromatic heterocycles. The third-order valence-corrected chi connectivity index (χ3v) is 3.69. The van der Waals surface area contributed by atoms with Crippen molar-refractivity contribution in [3.8, 4) is 11.5 Å². The van der Waals surface area contributed by atoms with Gasteiger partial charge in [-0.1, -0.05) is 0 Å². The van der Waals surface area contributed by atoms with E-state index < -0.39 is 20.1 Å². The number of ether oxygens (including phenoxy) is 2. The van der Waals surface area contributed by atoms with Gasteiger partial charge in [-0.15, -0.1) is 0 Å². The van der Waals surface area contributed by atoms with E-state index >= 15 is 0 Å². The van der Waals surface area contributed by atoms with E-state index in [0.29, 0.717) is 9.99 Å². The molecule has 1 aromatic carbocycles. The molecule has 2 N–H and O–H groups in total. The van der Waals surface area contributed by atoms with Gasteiger partial charge in [-0.25, -0.2) is 15.0 Å². The molecule has 0 radical (unpaired) electrons. The smallest absolute Gasteiger partial charge is 0.191 e. The Morgan fingerprint density at radius 1 is 1.39 bits per heavy atom. The molecular weight excluding hydrogens is 364 g/mol. The van der Waals surface area contributed by atoms with Crippen molar-refractivity contribution in [3.63, 3.8) is 0 Å². The number of fused-ring (bicyclic) bond motifs is 1. The number of hydrogen-bond acceptors (Lipinski definition) is 7. The summed E-state index contributed by atoms with van der Waals surface area (Å²) >= 11 is 3.30. The molecule has 0 aliphatic rings. The summed E-state index contributed by atoms with van der Waals surface area (Å²) in [6.07, 6.45) is 1.43. The molecule has 120 valence electrons. The van der Waals surface area contributed by atoms with E-state index in [4.69, 9.17) is 23.4 Å². The lowest BCUT2D eigenvalue weighted by Gasteiger charge is -2.18. The van der Waals surface area contributed by atoms with Gasteiger partial charge in [0.2, 0.25) is 0 Å². The molecule has 3 rings (SSSR count). The second-order valence-electron chi connectivity index (χ2n) is 4.58. The van der Waals surface area contributed by atoms with E-state index in [-0.39, 0.29) is 28.5 Å². The van der Waals surface area contributed by atoms with Crippen LogP contribution in [0.5, 0.6) is 11.5 Å². The van der Waals surface area contributed by atoms with Crippen molar-refractivity contribution in [2.24, 2.45) is 6.98 Å². The van der Waals surface area contributed by atoms with Crippen LogP contribution in [0.3, 0.4) is 0 Å². The standard InChI is InChI=1S/C14H15BrN6O2/c1-7(14-19-6-21(2)20-14)23-12-9(22-3)4-8(15)11-10(12)13(16)18-5-17-11/h4-7H,1-3H3,(H2,16,17,18)/i2D3,3D3. The van der Waals surface area contributed by atoms with Gasteiger partial charge in [-0.2, -0.15) is 5.10 Å². The van der Waals surface area contributed by atoms with Gasteiger partial charge in [0.1, 0.15) is 18.5 Å². The van der Waals surface area contributed by atoms with E-state index in [0.717, 1.165) is 11.0 Å². The molecule has 1 unspecified atom stereocenters. The van der Waals surface area contributed by atoms with Crippen LogP contribution >= 0.6 is 15.9 Å². The number of methoxy groups -OCH3 is 1. The summed E-state index contributed by atoms with van der Waals surface area (Å²) in [6, 6.07) is 1.39. The number of nitrogens with zero attached hydrogens (tertiary/aromatic N) is 5. The van der Waals surface area contributed by atoms with Crippen LogP contribution in [0, 0.1) is 0 Å². The van der Waals surface area contributed by atoms with Crippen LogP contribution in [0.1, 0.15) is 27.1 Å². The van der Waals surface area contributed by atoms with Gasteiger partial charge < -0.3 is 15.2 Å². The van der Waals surface area contributed by atoms with Crippen molar-refractivity contribution in [2.45, 2.75) is 13.0 Å². The molecule has 0 amide bonds. The second-order valence-corrected chi connectivity index (χ2v) is 5.43.